The van der Waals surface area contributed by atoms with Crippen molar-refractivity contribution in [2.45, 2.75) is 19.4 Å². The zero-order valence-electron chi connectivity index (χ0n) is 11.8. The van der Waals surface area contributed by atoms with Gasteiger partial charge in [0.25, 0.3) is 0 Å². The molecule has 3 heteroatoms. The summed E-state index contributed by atoms with van der Waals surface area (Å²) >= 11 is 0. The zero-order chi connectivity index (χ0) is 13.0. The Morgan fingerprint density at radius 3 is 2.83 bits per heavy atom. The highest BCUT2D eigenvalue weighted by atomic mass is 15.2. The van der Waals surface area contributed by atoms with E-state index in [1.807, 2.05) is 0 Å². The maximum atomic E-state index is 3.60. The van der Waals surface area contributed by atoms with Crippen LogP contribution in [0.4, 0.5) is 5.69 Å². The van der Waals surface area contributed by atoms with Crippen LogP contribution in [0, 0.1) is 0 Å². The Kier molecular flexibility index (Phi) is 4.61. The van der Waals surface area contributed by atoms with Crippen molar-refractivity contribution in [3.63, 3.8) is 0 Å². The minimum atomic E-state index is 0.568. The molecule has 0 amide bonds. The molecule has 1 heterocycles. The van der Waals surface area contributed by atoms with E-state index < -0.39 is 0 Å². The molecule has 1 unspecified atom stereocenters. The number of rotatable bonds is 4. The molecule has 1 fully saturated rings. The van der Waals surface area contributed by atoms with Gasteiger partial charge in [-0.3, -0.25) is 0 Å². The van der Waals surface area contributed by atoms with E-state index in [-0.39, 0.29) is 0 Å². The van der Waals surface area contributed by atoms with Crippen LogP contribution in [-0.2, 0) is 6.42 Å². The fourth-order valence-corrected chi connectivity index (χ4v) is 2.73. The standard InChI is InChI=1S/C15H25N3/c1-4-13-7-5-6-8-15(13)18-10-9-16-14(12-18)11-17(2)3/h5-8,14,16H,4,9-12H2,1-3H3. The summed E-state index contributed by atoms with van der Waals surface area (Å²) in [6.45, 7) is 6.63. The van der Waals surface area contributed by atoms with E-state index in [0.29, 0.717) is 6.04 Å². The molecule has 2 rings (SSSR count). The lowest BCUT2D eigenvalue weighted by atomic mass is 10.1. The summed E-state index contributed by atoms with van der Waals surface area (Å²) in [5.74, 6) is 0. The highest BCUT2D eigenvalue weighted by Crippen LogP contribution is 2.22. The first-order valence-electron chi connectivity index (χ1n) is 6.91. The van der Waals surface area contributed by atoms with E-state index in [9.17, 15) is 0 Å². The van der Waals surface area contributed by atoms with Gasteiger partial charge in [0.2, 0.25) is 0 Å². The molecule has 1 aromatic rings. The lowest BCUT2D eigenvalue weighted by Gasteiger charge is -2.37. The van der Waals surface area contributed by atoms with Crippen LogP contribution in [-0.4, -0.2) is 51.2 Å². The fraction of sp³-hybridized carbons (Fsp3) is 0.600. The second-order valence-electron chi connectivity index (χ2n) is 5.34. The normalized spacial score (nSPS) is 20.4. The van der Waals surface area contributed by atoms with Gasteiger partial charge in [-0.15, -0.1) is 0 Å². The number of likely N-dealkylation sites (N-methyl/N-ethyl adjacent to an activating group) is 1. The number of nitrogens with one attached hydrogen (secondary N) is 1. The molecule has 0 spiro atoms. The number of piperazine rings is 1. The number of anilines is 1. The quantitative estimate of drug-likeness (QED) is 0.871. The largest absolute Gasteiger partial charge is 0.368 e. The highest BCUT2D eigenvalue weighted by molar-refractivity contribution is 5.54. The number of nitrogens with zero attached hydrogens (tertiary/aromatic N) is 2. The van der Waals surface area contributed by atoms with Gasteiger partial charge in [0.05, 0.1) is 0 Å². The Morgan fingerprint density at radius 2 is 2.11 bits per heavy atom. The average Bonchev–Trinajstić information content (AvgIpc) is 2.38. The maximum Gasteiger partial charge on any atom is 0.0399 e. The van der Waals surface area contributed by atoms with E-state index >= 15 is 0 Å². The Morgan fingerprint density at radius 1 is 1.33 bits per heavy atom. The summed E-state index contributed by atoms with van der Waals surface area (Å²) in [6, 6.07) is 9.37. The molecule has 1 aromatic carbocycles. The first-order chi connectivity index (χ1) is 8.70. The predicted molar refractivity (Wildman–Crippen MR) is 78.4 cm³/mol. The van der Waals surface area contributed by atoms with Gasteiger partial charge in [0, 0.05) is 37.9 Å². The van der Waals surface area contributed by atoms with Crippen LogP contribution < -0.4 is 10.2 Å². The minimum Gasteiger partial charge on any atom is -0.368 e. The number of para-hydroxylation sites is 1. The van der Waals surface area contributed by atoms with Gasteiger partial charge in [-0.25, -0.2) is 0 Å². The minimum absolute atomic E-state index is 0.568. The van der Waals surface area contributed by atoms with Crippen LogP contribution in [0.5, 0.6) is 0 Å². The van der Waals surface area contributed by atoms with Crippen LogP contribution in [0.2, 0.25) is 0 Å². The summed E-state index contributed by atoms with van der Waals surface area (Å²) in [4.78, 5) is 4.79. The summed E-state index contributed by atoms with van der Waals surface area (Å²) in [5.41, 5.74) is 2.88. The van der Waals surface area contributed by atoms with Crippen molar-refractivity contribution in [3.05, 3.63) is 29.8 Å². The van der Waals surface area contributed by atoms with Crippen LogP contribution in [0.1, 0.15) is 12.5 Å². The number of benzene rings is 1. The van der Waals surface area contributed by atoms with Crippen molar-refractivity contribution >= 4 is 5.69 Å². The lowest BCUT2D eigenvalue weighted by molar-refractivity contribution is 0.323. The van der Waals surface area contributed by atoms with Crippen LogP contribution in [0.3, 0.4) is 0 Å². The molecule has 1 N–H and O–H groups in total. The maximum absolute atomic E-state index is 3.60. The molecule has 1 atom stereocenters. The Hall–Kier alpha value is -1.06. The Bertz CT molecular complexity index is 376. The molecular formula is C15H25N3. The van der Waals surface area contributed by atoms with Gasteiger partial charge in [-0.05, 0) is 32.1 Å². The second kappa shape index (κ2) is 6.21. The SMILES string of the molecule is CCc1ccccc1N1CCNC(CN(C)C)C1. The van der Waals surface area contributed by atoms with Gasteiger partial charge in [0.1, 0.15) is 0 Å². The van der Waals surface area contributed by atoms with Crippen LogP contribution in [0.15, 0.2) is 24.3 Å². The first kappa shape index (κ1) is 13.4. The van der Waals surface area contributed by atoms with Gasteiger partial charge in [-0.2, -0.15) is 0 Å². The lowest BCUT2D eigenvalue weighted by Crippen LogP contribution is -2.54. The van der Waals surface area contributed by atoms with Gasteiger partial charge in [0.15, 0.2) is 0 Å². The average molecular weight is 247 g/mol. The molecule has 0 bridgehead atoms. The summed E-state index contributed by atoms with van der Waals surface area (Å²) < 4.78 is 0. The molecule has 18 heavy (non-hydrogen) atoms. The third kappa shape index (κ3) is 3.24. The van der Waals surface area contributed by atoms with E-state index in [0.717, 1.165) is 32.6 Å². The summed E-state index contributed by atoms with van der Waals surface area (Å²) in [5, 5.41) is 3.60. The molecule has 0 saturated carbocycles. The second-order valence-corrected chi connectivity index (χ2v) is 5.34. The van der Waals surface area contributed by atoms with Gasteiger partial charge in [-0.1, -0.05) is 25.1 Å². The van der Waals surface area contributed by atoms with E-state index in [1.54, 1.807) is 0 Å². The summed E-state index contributed by atoms with van der Waals surface area (Å²) in [7, 11) is 4.28. The smallest absolute Gasteiger partial charge is 0.0399 e. The molecule has 100 valence electrons. The van der Waals surface area contributed by atoms with E-state index in [4.69, 9.17) is 0 Å². The highest BCUT2D eigenvalue weighted by Gasteiger charge is 2.20. The number of hydrogen-bond acceptors (Lipinski definition) is 3. The molecule has 1 aliphatic heterocycles. The number of aryl methyl sites for hydroxylation is 1. The van der Waals surface area contributed by atoms with E-state index in [2.05, 4.69) is 60.4 Å². The summed E-state index contributed by atoms with van der Waals surface area (Å²) in [6.07, 6.45) is 1.11. The van der Waals surface area contributed by atoms with E-state index in [1.165, 1.54) is 11.3 Å². The van der Waals surface area contributed by atoms with Crippen molar-refractivity contribution in [2.75, 3.05) is 45.2 Å². The van der Waals surface area contributed by atoms with Crippen molar-refractivity contribution in [1.82, 2.24) is 10.2 Å². The molecule has 1 saturated heterocycles. The first-order valence-corrected chi connectivity index (χ1v) is 6.91. The van der Waals surface area contributed by atoms with Crippen molar-refractivity contribution < 1.29 is 0 Å². The third-order valence-electron chi connectivity index (χ3n) is 3.55. The predicted octanol–water partition coefficient (Wildman–Crippen LogP) is 1.59. The van der Waals surface area contributed by atoms with Crippen LogP contribution >= 0.6 is 0 Å². The fourth-order valence-electron chi connectivity index (χ4n) is 2.73. The zero-order valence-corrected chi connectivity index (χ0v) is 11.8. The molecule has 0 aromatic heterocycles. The van der Waals surface area contributed by atoms with Crippen molar-refractivity contribution in [3.8, 4) is 0 Å². The monoisotopic (exact) mass is 247 g/mol. The topological polar surface area (TPSA) is 18.5 Å². The molecule has 1 aliphatic rings. The molecular weight excluding hydrogens is 222 g/mol. The number of hydrogen-bond donors (Lipinski definition) is 1. The van der Waals surface area contributed by atoms with Crippen molar-refractivity contribution in [1.29, 1.82) is 0 Å². The van der Waals surface area contributed by atoms with Crippen LogP contribution in [0.25, 0.3) is 0 Å². The van der Waals surface area contributed by atoms with Gasteiger partial charge >= 0.3 is 0 Å². The Balaban J connectivity index is 2.08. The van der Waals surface area contributed by atoms with Gasteiger partial charge < -0.3 is 15.1 Å². The molecule has 0 radical (unpaired) electrons. The third-order valence-corrected chi connectivity index (χ3v) is 3.55. The molecule has 0 aliphatic carbocycles. The van der Waals surface area contributed by atoms with Crippen molar-refractivity contribution in [2.24, 2.45) is 0 Å². The molecule has 3 nitrogen and oxygen atoms in total. The Labute approximate surface area is 111 Å².